The minimum atomic E-state index is -0.356. The number of hydrogen-bond donors (Lipinski definition) is 2. The molecule has 0 bridgehead atoms. The van der Waals surface area contributed by atoms with Crippen LogP contribution in [0.15, 0.2) is 18.2 Å². The molecule has 21 heavy (non-hydrogen) atoms. The standard InChI is InChI=1S/C17H20FNO2/c18-16-8-7-14(6-3-9-20)10-15(16)12-19-17(21)11-13-4-1-2-5-13/h7-8,10,13,20H,1-2,4-5,9,11-12H2,(H,19,21). The molecular weight excluding hydrogens is 269 g/mol. The highest BCUT2D eigenvalue weighted by Gasteiger charge is 2.18. The first kappa shape index (κ1) is 15.5. The minimum Gasteiger partial charge on any atom is -0.384 e. The van der Waals surface area contributed by atoms with Crippen molar-refractivity contribution in [3.63, 3.8) is 0 Å². The molecule has 0 aromatic heterocycles. The maximum absolute atomic E-state index is 13.7. The predicted molar refractivity (Wildman–Crippen MR) is 78.8 cm³/mol. The zero-order valence-electron chi connectivity index (χ0n) is 12.0. The van der Waals surface area contributed by atoms with Gasteiger partial charge in [-0.2, -0.15) is 0 Å². The molecular formula is C17H20FNO2. The highest BCUT2D eigenvalue weighted by atomic mass is 19.1. The third kappa shape index (κ3) is 4.87. The minimum absolute atomic E-state index is 0.0202. The van der Waals surface area contributed by atoms with Gasteiger partial charge in [0.1, 0.15) is 12.4 Å². The molecule has 2 rings (SSSR count). The second-order valence-electron chi connectivity index (χ2n) is 5.40. The van der Waals surface area contributed by atoms with E-state index in [0.717, 1.165) is 12.8 Å². The summed E-state index contributed by atoms with van der Waals surface area (Å²) in [7, 11) is 0. The molecule has 0 heterocycles. The van der Waals surface area contributed by atoms with E-state index in [1.807, 2.05) is 0 Å². The van der Waals surface area contributed by atoms with Gasteiger partial charge in [0.25, 0.3) is 0 Å². The topological polar surface area (TPSA) is 49.3 Å². The van der Waals surface area contributed by atoms with E-state index >= 15 is 0 Å². The Balaban J connectivity index is 1.90. The number of aliphatic hydroxyl groups is 1. The van der Waals surface area contributed by atoms with E-state index in [9.17, 15) is 9.18 Å². The number of hydrogen-bond acceptors (Lipinski definition) is 2. The summed E-state index contributed by atoms with van der Waals surface area (Å²) in [6.45, 7) is -0.0587. The molecule has 1 saturated carbocycles. The van der Waals surface area contributed by atoms with Gasteiger partial charge in [0.15, 0.2) is 0 Å². The van der Waals surface area contributed by atoms with Crippen molar-refractivity contribution in [2.24, 2.45) is 5.92 Å². The number of benzene rings is 1. The molecule has 1 amide bonds. The first-order chi connectivity index (χ1) is 10.2. The first-order valence-electron chi connectivity index (χ1n) is 7.34. The van der Waals surface area contributed by atoms with Crippen LogP contribution >= 0.6 is 0 Å². The Kier molecular flexibility index (Phi) is 5.77. The molecule has 1 fully saturated rings. The van der Waals surface area contributed by atoms with Crippen LogP contribution in [0.2, 0.25) is 0 Å². The molecule has 4 heteroatoms. The zero-order chi connectivity index (χ0) is 15.1. The molecule has 2 N–H and O–H groups in total. The van der Waals surface area contributed by atoms with Gasteiger partial charge >= 0.3 is 0 Å². The molecule has 3 nitrogen and oxygen atoms in total. The van der Waals surface area contributed by atoms with E-state index in [4.69, 9.17) is 5.11 Å². The van der Waals surface area contributed by atoms with Crippen LogP contribution in [-0.4, -0.2) is 17.6 Å². The van der Waals surface area contributed by atoms with E-state index in [2.05, 4.69) is 17.2 Å². The van der Waals surface area contributed by atoms with Crippen molar-refractivity contribution in [3.8, 4) is 11.8 Å². The molecule has 0 atom stereocenters. The maximum atomic E-state index is 13.7. The van der Waals surface area contributed by atoms with Crippen molar-refractivity contribution >= 4 is 5.91 Å². The number of rotatable bonds is 4. The lowest BCUT2D eigenvalue weighted by Gasteiger charge is -2.10. The molecule has 112 valence electrons. The summed E-state index contributed by atoms with van der Waals surface area (Å²) in [5, 5.41) is 11.4. The fourth-order valence-corrected chi connectivity index (χ4v) is 2.67. The summed E-state index contributed by atoms with van der Waals surface area (Å²) in [6, 6.07) is 4.50. The third-order valence-electron chi connectivity index (χ3n) is 3.78. The Bertz CT molecular complexity index is 554. The number of carbonyl (C=O) groups is 1. The van der Waals surface area contributed by atoms with Gasteiger partial charge in [-0.1, -0.05) is 24.7 Å². The second-order valence-corrected chi connectivity index (χ2v) is 5.40. The Morgan fingerprint density at radius 3 is 2.86 bits per heavy atom. The fraction of sp³-hybridized carbons (Fsp3) is 0.471. The van der Waals surface area contributed by atoms with Gasteiger partial charge in [-0.25, -0.2) is 4.39 Å². The lowest BCUT2D eigenvalue weighted by atomic mass is 10.0. The van der Waals surface area contributed by atoms with E-state index in [0.29, 0.717) is 23.5 Å². The highest BCUT2D eigenvalue weighted by molar-refractivity contribution is 5.76. The summed E-state index contributed by atoms with van der Waals surface area (Å²) < 4.78 is 13.7. The van der Waals surface area contributed by atoms with E-state index in [-0.39, 0.29) is 24.9 Å². The van der Waals surface area contributed by atoms with Crippen LogP contribution < -0.4 is 5.32 Å². The summed E-state index contributed by atoms with van der Waals surface area (Å²) in [4.78, 5) is 11.8. The Hall–Kier alpha value is -1.86. The van der Waals surface area contributed by atoms with Gasteiger partial charge < -0.3 is 10.4 Å². The van der Waals surface area contributed by atoms with Crippen molar-refractivity contribution in [2.45, 2.75) is 38.6 Å². The van der Waals surface area contributed by atoms with Gasteiger partial charge in [-0.15, -0.1) is 0 Å². The van der Waals surface area contributed by atoms with Crippen molar-refractivity contribution in [2.75, 3.05) is 6.61 Å². The van der Waals surface area contributed by atoms with Gasteiger partial charge in [0, 0.05) is 24.1 Å². The predicted octanol–water partition coefficient (Wildman–Crippen LogP) is 2.37. The Labute approximate surface area is 124 Å². The molecule has 1 aliphatic carbocycles. The number of carbonyl (C=O) groups excluding carboxylic acids is 1. The Morgan fingerprint density at radius 2 is 2.14 bits per heavy atom. The van der Waals surface area contributed by atoms with Crippen molar-refractivity contribution in [1.29, 1.82) is 0 Å². The Morgan fingerprint density at radius 1 is 1.38 bits per heavy atom. The average molecular weight is 289 g/mol. The monoisotopic (exact) mass is 289 g/mol. The van der Waals surface area contributed by atoms with Gasteiger partial charge in [-0.05, 0) is 37.0 Å². The SMILES string of the molecule is O=C(CC1CCCC1)NCc1cc(C#CCO)ccc1F. The van der Waals surface area contributed by atoms with Crippen LogP contribution in [-0.2, 0) is 11.3 Å². The maximum Gasteiger partial charge on any atom is 0.220 e. The second kappa shape index (κ2) is 7.80. The van der Waals surface area contributed by atoms with Crippen LogP contribution in [0.3, 0.4) is 0 Å². The number of aliphatic hydroxyl groups excluding tert-OH is 1. The molecule has 0 radical (unpaired) electrons. The van der Waals surface area contributed by atoms with Crippen molar-refractivity contribution in [1.82, 2.24) is 5.32 Å². The van der Waals surface area contributed by atoms with Crippen LogP contribution in [0.25, 0.3) is 0 Å². The smallest absolute Gasteiger partial charge is 0.220 e. The number of nitrogens with one attached hydrogen (secondary N) is 1. The lowest BCUT2D eigenvalue weighted by Crippen LogP contribution is -2.25. The quantitative estimate of drug-likeness (QED) is 0.836. The molecule has 1 aromatic rings. The summed E-state index contributed by atoms with van der Waals surface area (Å²) >= 11 is 0. The fourth-order valence-electron chi connectivity index (χ4n) is 2.67. The lowest BCUT2D eigenvalue weighted by molar-refractivity contribution is -0.122. The average Bonchev–Trinajstić information content (AvgIpc) is 2.98. The van der Waals surface area contributed by atoms with Crippen LogP contribution in [0.5, 0.6) is 0 Å². The van der Waals surface area contributed by atoms with Crippen molar-refractivity contribution < 1.29 is 14.3 Å². The molecule has 0 aliphatic heterocycles. The van der Waals surface area contributed by atoms with Crippen LogP contribution in [0, 0.1) is 23.6 Å². The third-order valence-corrected chi connectivity index (χ3v) is 3.78. The molecule has 0 saturated heterocycles. The van der Waals surface area contributed by atoms with Crippen LogP contribution in [0.4, 0.5) is 4.39 Å². The summed E-state index contributed by atoms with van der Waals surface area (Å²) in [5.74, 6) is 5.36. The number of amides is 1. The van der Waals surface area contributed by atoms with Gasteiger partial charge in [0.05, 0.1) is 0 Å². The van der Waals surface area contributed by atoms with Gasteiger partial charge in [0.2, 0.25) is 5.91 Å². The summed E-state index contributed by atoms with van der Waals surface area (Å²) in [6.07, 6.45) is 5.18. The molecule has 0 spiro atoms. The van der Waals surface area contributed by atoms with Crippen LogP contribution in [0.1, 0.15) is 43.2 Å². The van der Waals surface area contributed by atoms with E-state index < -0.39 is 0 Å². The highest BCUT2D eigenvalue weighted by Crippen LogP contribution is 2.27. The molecule has 1 aliphatic rings. The number of halogens is 1. The van der Waals surface area contributed by atoms with E-state index in [1.54, 1.807) is 12.1 Å². The first-order valence-corrected chi connectivity index (χ1v) is 7.34. The zero-order valence-corrected chi connectivity index (χ0v) is 12.0. The molecule has 1 aromatic carbocycles. The van der Waals surface area contributed by atoms with Gasteiger partial charge in [-0.3, -0.25) is 4.79 Å². The van der Waals surface area contributed by atoms with E-state index in [1.165, 1.54) is 18.9 Å². The largest absolute Gasteiger partial charge is 0.384 e. The summed E-state index contributed by atoms with van der Waals surface area (Å²) in [5.41, 5.74) is 1.05. The molecule has 0 unspecified atom stereocenters. The van der Waals surface area contributed by atoms with Crippen molar-refractivity contribution in [3.05, 3.63) is 35.1 Å². The normalized spacial score (nSPS) is 14.6.